The first kappa shape index (κ1) is 22.3. The number of fused-ring (bicyclic) bond motifs is 1. The van der Waals surface area contributed by atoms with Crippen LogP contribution >= 0.6 is 0 Å². The van der Waals surface area contributed by atoms with Crippen LogP contribution in [0, 0.1) is 28.5 Å². The Kier molecular flexibility index (Phi) is 5.53. The number of ether oxygens (including phenoxy) is 1. The lowest BCUT2D eigenvalue weighted by molar-refractivity contribution is 0.127. The molecule has 1 aromatic carbocycles. The summed E-state index contributed by atoms with van der Waals surface area (Å²) >= 11 is 0. The van der Waals surface area contributed by atoms with Crippen LogP contribution in [0.15, 0.2) is 15.7 Å². The quantitative estimate of drug-likeness (QED) is 0.737. The number of rotatable bonds is 6. The maximum atomic E-state index is 15.4. The maximum absolute atomic E-state index is 15.4. The molecule has 1 saturated carbocycles. The van der Waals surface area contributed by atoms with Crippen LogP contribution in [0.5, 0.6) is 5.75 Å². The van der Waals surface area contributed by atoms with Crippen molar-refractivity contribution in [2.75, 3.05) is 39.2 Å². The highest BCUT2D eigenvalue weighted by atomic mass is 19.1. The molecule has 0 amide bonds. The Bertz CT molecular complexity index is 1210. The molecule has 9 heteroatoms. The normalized spacial score (nSPS) is 20.1. The van der Waals surface area contributed by atoms with E-state index in [2.05, 4.69) is 16.0 Å². The zero-order valence-electron chi connectivity index (χ0n) is 19.2. The van der Waals surface area contributed by atoms with Crippen LogP contribution in [-0.2, 0) is 0 Å². The van der Waals surface area contributed by atoms with E-state index in [9.17, 15) is 14.9 Å². The van der Waals surface area contributed by atoms with Gasteiger partial charge in [-0.3, -0.25) is 14.3 Å². The number of aromatic amines is 1. The largest absolute Gasteiger partial charge is 0.492 e. The number of hydrogen-bond acceptors (Lipinski definition) is 6. The number of nitrogens with zero attached hydrogens (tertiary/aromatic N) is 4. The van der Waals surface area contributed by atoms with Gasteiger partial charge in [-0.15, -0.1) is 0 Å². The SMILES string of the molecule is COc1c(N2CCC(C(N(C)C)C(C)(C)C#N)C2)c(F)cc2c(=O)[nH]c(=O)n(C3CC3)c12. The summed E-state index contributed by atoms with van der Waals surface area (Å²) in [5.41, 5.74) is -1.06. The van der Waals surface area contributed by atoms with Crippen LogP contribution in [0.2, 0.25) is 0 Å². The summed E-state index contributed by atoms with van der Waals surface area (Å²) in [6.07, 6.45) is 2.45. The fourth-order valence-electron chi connectivity index (χ4n) is 5.48. The third-order valence-corrected chi connectivity index (χ3v) is 6.79. The Morgan fingerprint density at radius 2 is 2.00 bits per heavy atom. The number of aromatic nitrogens is 2. The van der Waals surface area contributed by atoms with Crippen molar-refractivity contribution in [1.29, 1.82) is 5.26 Å². The van der Waals surface area contributed by atoms with Gasteiger partial charge in [-0.2, -0.15) is 5.26 Å². The van der Waals surface area contributed by atoms with Crippen LogP contribution in [0.3, 0.4) is 0 Å². The zero-order valence-corrected chi connectivity index (χ0v) is 19.2. The van der Waals surface area contributed by atoms with E-state index in [1.165, 1.54) is 17.7 Å². The van der Waals surface area contributed by atoms with E-state index >= 15 is 4.39 Å². The molecule has 2 aliphatic rings. The lowest BCUT2D eigenvalue weighted by Gasteiger charge is -2.38. The maximum Gasteiger partial charge on any atom is 0.329 e. The smallest absolute Gasteiger partial charge is 0.329 e. The molecule has 2 fully saturated rings. The van der Waals surface area contributed by atoms with E-state index in [-0.39, 0.29) is 34.8 Å². The van der Waals surface area contributed by atoms with E-state index in [1.54, 1.807) is 0 Å². The first-order valence-corrected chi connectivity index (χ1v) is 11.0. The number of hydrogen-bond donors (Lipinski definition) is 1. The van der Waals surface area contributed by atoms with Crippen molar-refractivity contribution < 1.29 is 9.13 Å². The molecule has 2 unspecified atom stereocenters. The Morgan fingerprint density at radius 1 is 1.31 bits per heavy atom. The molecule has 0 bridgehead atoms. The van der Waals surface area contributed by atoms with Gasteiger partial charge in [-0.05, 0) is 59.2 Å². The predicted octanol–water partition coefficient (Wildman–Crippen LogP) is 2.48. The first-order chi connectivity index (χ1) is 15.1. The minimum Gasteiger partial charge on any atom is -0.492 e. The lowest BCUT2D eigenvalue weighted by atomic mass is 9.77. The van der Waals surface area contributed by atoms with E-state index < -0.39 is 22.5 Å². The number of nitriles is 1. The molecule has 2 atom stereocenters. The van der Waals surface area contributed by atoms with Crippen molar-refractivity contribution in [2.45, 2.75) is 45.2 Å². The lowest BCUT2D eigenvalue weighted by Crippen LogP contribution is -2.46. The number of halogens is 1. The highest BCUT2D eigenvalue weighted by Gasteiger charge is 2.42. The predicted molar refractivity (Wildman–Crippen MR) is 121 cm³/mol. The monoisotopic (exact) mass is 443 g/mol. The number of benzene rings is 1. The summed E-state index contributed by atoms with van der Waals surface area (Å²) in [7, 11) is 5.37. The second-order valence-corrected chi connectivity index (χ2v) is 9.73. The van der Waals surface area contributed by atoms with Crippen molar-refractivity contribution in [1.82, 2.24) is 14.5 Å². The molecule has 1 saturated heterocycles. The molecule has 2 heterocycles. The fraction of sp³-hybridized carbons (Fsp3) is 0.609. The summed E-state index contributed by atoms with van der Waals surface area (Å²) < 4.78 is 22.6. The first-order valence-electron chi connectivity index (χ1n) is 11.0. The van der Waals surface area contributed by atoms with Gasteiger partial charge in [0.15, 0.2) is 11.6 Å². The minimum absolute atomic E-state index is 0.0144. The van der Waals surface area contributed by atoms with Gasteiger partial charge in [0.2, 0.25) is 0 Å². The summed E-state index contributed by atoms with van der Waals surface area (Å²) in [5.74, 6) is -0.191. The van der Waals surface area contributed by atoms with Crippen LogP contribution in [0.1, 0.15) is 39.2 Å². The molecule has 32 heavy (non-hydrogen) atoms. The summed E-state index contributed by atoms with van der Waals surface area (Å²) in [6, 6.07) is 3.59. The van der Waals surface area contributed by atoms with Crippen LogP contribution < -0.4 is 20.9 Å². The number of nitrogens with one attached hydrogen (secondary N) is 1. The molecular formula is C23H30FN5O3. The number of methoxy groups -OCH3 is 1. The molecule has 1 aliphatic heterocycles. The summed E-state index contributed by atoms with van der Waals surface area (Å²) in [6.45, 7) is 4.99. The molecule has 1 aliphatic carbocycles. The molecule has 1 N–H and O–H groups in total. The van der Waals surface area contributed by atoms with Gasteiger partial charge in [0.1, 0.15) is 11.2 Å². The van der Waals surface area contributed by atoms with Gasteiger partial charge >= 0.3 is 5.69 Å². The van der Waals surface area contributed by atoms with Gasteiger partial charge in [0.25, 0.3) is 5.56 Å². The van der Waals surface area contributed by atoms with E-state index in [0.717, 1.165) is 19.3 Å². The van der Waals surface area contributed by atoms with Gasteiger partial charge in [0.05, 0.1) is 24.0 Å². The Morgan fingerprint density at radius 3 is 2.56 bits per heavy atom. The van der Waals surface area contributed by atoms with Gasteiger partial charge in [0, 0.05) is 25.2 Å². The number of H-pyrrole nitrogens is 1. The molecule has 172 valence electrons. The van der Waals surface area contributed by atoms with Crippen molar-refractivity contribution in [2.24, 2.45) is 11.3 Å². The topological polar surface area (TPSA) is 94.4 Å². The molecule has 0 spiro atoms. The molecule has 1 aromatic heterocycles. The van der Waals surface area contributed by atoms with Gasteiger partial charge < -0.3 is 14.5 Å². The van der Waals surface area contributed by atoms with Crippen LogP contribution in [0.4, 0.5) is 10.1 Å². The van der Waals surface area contributed by atoms with Crippen LogP contribution in [0.25, 0.3) is 10.9 Å². The summed E-state index contributed by atoms with van der Waals surface area (Å²) in [5, 5.41) is 9.82. The van der Waals surface area contributed by atoms with E-state index in [4.69, 9.17) is 4.74 Å². The molecule has 8 nitrogen and oxygen atoms in total. The highest BCUT2D eigenvalue weighted by Crippen LogP contribution is 2.44. The highest BCUT2D eigenvalue weighted by molar-refractivity contribution is 5.91. The zero-order chi connectivity index (χ0) is 23.4. The third-order valence-electron chi connectivity index (χ3n) is 6.79. The minimum atomic E-state index is -0.617. The van der Waals surface area contributed by atoms with Crippen molar-refractivity contribution in [3.05, 3.63) is 32.7 Å². The fourth-order valence-corrected chi connectivity index (χ4v) is 5.48. The molecule has 0 radical (unpaired) electrons. The average Bonchev–Trinajstić information content (AvgIpc) is 3.45. The van der Waals surface area contributed by atoms with Crippen LogP contribution in [-0.4, -0.2) is 54.8 Å². The number of anilines is 1. The van der Waals surface area contributed by atoms with E-state index in [1.807, 2.05) is 32.8 Å². The molecule has 4 rings (SSSR count). The molecular weight excluding hydrogens is 413 g/mol. The third kappa shape index (κ3) is 3.56. The van der Waals surface area contributed by atoms with Gasteiger partial charge in [-0.1, -0.05) is 0 Å². The summed E-state index contributed by atoms with van der Waals surface area (Å²) in [4.78, 5) is 31.4. The van der Waals surface area contributed by atoms with Crippen molar-refractivity contribution >= 4 is 16.6 Å². The second-order valence-electron chi connectivity index (χ2n) is 9.73. The van der Waals surface area contributed by atoms with Gasteiger partial charge in [-0.25, -0.2) is 9.18 Å². The Balaban J connectivity index is 1.83. The van der Waals surface area contributed by atoms with Crippen molar-refractivity contribution in [3.8, 4) is 11.8 Å². The second kappa shape index (κ2) is 7.93. The van der Waals surface area contributed by atoms with E-state index in [0.29, 0.717) is 18.6 Å². The Hall–Kier alpha value is -2.86. The van der Waals surface area contributed by atoms with Crippen molar-refractivity contribution in [3.63, 3.8) is 0 Å². The Labute approximate surface area is 186 Å². The standard InChI is InChI=1S/C23H30FN5O3/c1-23(2,12-25)20(27(3)4)13-8-9-28(11-13)18-16(24)10-15-17(19(18)32-5)29(14-6-7-14)22(31)26-21(15)30/h10,13-14,20H,6-9,11H2,1-5H3,(H,26,30,31). The molecule has 2 aromatic rings. The average molecular weight is 444 g/mol.